The molecule has 2 aromatic carbocycles. The fourth-order valence-electron chi connectivity index (χ4n) is 2.95. The van der Waals surface area contributed by atoms with Crippen LogP contribution < -0.4 is 15.5 Å². The van der Waals surface area contributed by atoms with Crippen LogP contribution in [0.25, 0.3) is 11.1 Å². The Bertz CT molecular complexity index is 984. The lowest BCUT2D eigenvalue weighted by Crippen LogP contribution is -2.64. The van der Waals surface area contributed by atoms with Crippen LogP contribution in [-0.2, 0) is 14.8 Å². The fraction of sp³-hybridized carbons (Fsp3) is 0.300. The molecule has 2 aromatic rings. The molecule has 0 aliphatic heterocycles. The summed E-state index contributed by atoms with van der Waals surface area (Å²) >= 11 is 0. The van der Waals surface area contributed by atoms with E-state index in [4.69, 9.17) is 5.21 Å². The average molecular weight is 420 g/mol. The molecule has 4 N–H and O–H groups in total. The van der Waals surface area contributed by atoms with E-state index in [9.17, 15) is 18.0 Å². The number of benzene rings is 2. The third kappa shape index (κ3) is 6.11. The highest BCUT2D eigenvalue weighted by molar-refractivity contribution is 7.88. The van der Waals surface area contributed by atoms with Gasteiger partial charge < -0.3 is 5.32 Å². The summed E-state index contributed by atoms with van der Waals surface area (Å²) in [6.45, 7) is 4.85. The second-order valence-electron chi connectivity index (χ2n) is 7.42. The number of nitrogens with one attached hydrogen (secondary N) is 3. The van der Waals surface area contributed by atoms with Crippen LogP contribution in [0.4, 0.5) is 0 Å². The van der Waals surface area contributed by atoms with Gasteiger partial charge in [-0.2, -0.15) is 0 Å². The molecular formula is C20H25N3O5S. The molecule has 0 spiro atoms. The molecule has 0 saturated heterocycles. The molecule has 0 radical (unpaired) electrons. The lowest BCUT2D eigenvalue weighted by Gasteiger charge is -2.33. The summed E-state index contributed by atoms with van der Waals surface area (Å²) in [7, 11) is -3.67. The molecule has 29 heavy (non-hydrogen) atoms. The van der Waals surface area contributed by atoms with E-state index in [2.05, 4.69) is 10.0 Å². The van der Waals surface area contributed by atoms with Crippen LogP contribution in [0.3, 0.4) is 0 Å². The number of carbonyl (C=O) groups is 2. The van der Waals surface area contributed by atoms with Gasteiger partial charge in [0, 0.05) is 5.56 Å². The molecule has 2 amide bonds. The Balaban J connectivity index is 2.22. The fourth-order valence-corrected chi connectivity index (χ4v) is 4.02. The molecule has 0 saturated carbocycles. The number of rotatable bonds is 7. The average Bonchev–Trinajstić information content (AvgIpc) is 2.64. The van der Waals surface area contributed by atoms with Gasteiger partial charge in [0.05, 0.1) is 11.8 Å². The molecule has 9 heteroatoms. The van der Waals surface area contributed by atoms with E-state index in [1.54, 1.807) is 24.3 Å². The van der Waals surface area contributed by atoms with E-state index >= 15 is 0 Å². The Hall–Kier alpha value is -2.75. The molecule has 0 unspecified atom stereocenters. The number of aryl methyl sites for hydroxylation is 1. The van der Waals surface area contributed by atoms with Crippen molar-refractivity contribution < 1.29 is 23.2 Å². The zero-order chi connectivity index (χ0) is 21.8. The molecule has 1 atom stereocenters. The van der Waals surface area contributed by atoms with Gasteiger partial charge in [-0.1, -0.05) is 42.0 Å². The van der Waals surface area contributed by atoms with Crippen LogP contribution in [-0.4, -0.2) is 43.3 Å². The van der Waals surface area contributed by atoms with Crippen molar-refractivity contribution in [2.24, 2.45) is 0 Å². The SMILES string of the molecule is Cc1ccc(-c2ccc(C(=O)N[C@H](C(=O)NO)C(C)(C)NS(C)(=O)=O)cc2)cc1. The van der Waals surface area contributed by atoms with Crippen LogP contribution in [0, 0.1) is 6.92 Å². The number of amides is 2. The van der Waals surface area contributed by atoms with Crippen LogP contribution in [0.1, 0.15) is 29.8 Å². The van der Waals surface area contributed by atoms with Gasteiger partial charge in [-0.25, -0.2) is 18.6 Å². The maximum atomic E-state index is 12.6. The van der Waals surface area contributed by atoms with Crippen molar-refractivity contribution in [2.75, 3.05) is 6.26 Å². The Kier molecular flexibility index (Phi) is 6.78. The van der Waals surface area contributed by atoms with E-state index in [1.807, 2.05) is 31.2 Å². The summed E-state index contributed by atoms with van der Waals surface area (Å²) in [5.41, 5.74) is 3.42. The Morgan fingerprint density at radius 2 is 1.45 bits per heavy atom. The second kappa shape index (κ2) is 8.73. The zero-order valence-corrected chi connectivity index (χ0v) is 17.5. The van der Waals surface area contributed by atoms with E-state index in [0.29, 0.717) is 0 Å². The van der Waals surface area contributed by atoms with Gasteiger partial charge in [0.25, 0.3) is 11.8 Å². The Morgan fingerprint density at radius 1 is 0.966 bits per heavy atom. The second-order valence-corrected chi connectivity index (χ2v) is 9.17. The first kappa shape index (κ1) is 22.5. The first-order valence-electron chi connectivity index (χ1n) is 8.84. The molecule has 0 bridgehead atoms. The number of hydrogen-bond acceptors (Lipinski definition) is 5. The third-order valence-corrected chi connectivity index (χ3v) is 5.25. The molecular weight excluding hydrogens is 394 g/mol. The van der Waals surface area contributed by atoms with Crippen LogP contribution in [0.15, 0.2) is 48.5 Å². The molecule has 8 nitrogen and oxygen atoms in total. The molecule has 0 aliphatic rings. The molecule has 0 aromatic heterocycles. The minimum atomic E-state index is -3.67. The summed E-state index contributed by atoms with van der Waals surface area (Å²) in [6, 6.07) is 13.4. The highest BCUT2D eigenvalue weighted by atomic mass is 32.2. The van der Waals surface area contributed by atoms with E-state index < -0.39 is 33.4 Å². The van der Waals surface area contributed by atoms with Crippen molar-refractivity contribution in [2.45, 2.75) is 32.4 Å². The minimum Gasteiger partial charge on any atom is -0.338 e. The van der Waals surface area contributed by atoms with Gasteiger partial charge in [0.1, 0.15) is 6.04 Å². The molecule has 0 fully saturated rings. The van der Waals surface area contributed by atoms with Gasteiger partial charge in [0.15, 0.2) is 0 Å². The van der Waals surface area contributed by atoms with Crippen LogP contribution in [0.5, 0.6) is 0 Å². The van der Waals surface area contributed by atoms with Crippen molar-refractivity contribution in [3.8, 4) is 11.1 Å². The summed E-state index contributed by atoms with van der Waals surface area (Å²) in [5, 5.41) is 11.5. The van der Waals surface area contributed by atoms with Crippen molar-refractivity contribution >= 4 is 21.8 Å². The highest BCUT2D eigenvalue weighted by Gasteiger charge is 2.38. The number of hydroxylamine groups is 1. The number of carbonyl (C=O) groups excluding carboxylic acids is 2. The van der Waals surface area contributed by atoms with Gasteiger partial charge in [-0.15, -0.1) is 0 Å². The van der Waals surface area contributed by atoms with E-state index in [-0.39, 0.29) is 5.56 Å². The molecule has 0 heterocycles. The maximum Gasteiger partial charge on any atom is 0.267 e. The normalized spacial score (nSPS) is 12.9. The molecule has 2 rings (SSSR count). The summed E-state index contributed by atoms with van der Waals surface area (Å²) in [6.07, 6.45) is 0.939. The first-order valence-corrected chi connectivity index (χ1v) is 10.7. The third-order valence-electron chi connectivity index (χ3n) is 4.35. The zero-order valence-electron chi connectivity index (χ0n) is 16.7. The van der Waals surface area contributed by atoms with Gasteiger partial charge >= 0.3 is 0 Å². The Morgan fingerprint density at radius 3 is 1.90 bits per heavy atom. The first-order chi connectivity index (χ1) is 13.4. The van der Waals surface area contributed by atoms with Gasteiger partial charge in [-0.3, -0.25) is 14.8 Å². The van der Waals surface area contributed by atoms with Crippen molar-refractivity contribution in [1.82, 2.24) is 15.5 Å². The van der Waals surface area contributed by atoms with E-state index in [1.165, 1.54) is 19.3 Å². The minimum absolute atomic E-state index is 0.284. The standard InChI is InChI=1S/C20H25N3O5S/c1-13-5-7-14(8-6-13)15-9-11-16(12-10-15)18(24)21-17(19(25)22-26)20(2,3)23-29(4,27)28/h5-12,17,23,26H,1-4H3,(H,21,24)(H,22,25)/t17-/m1/s1. The summed E-state index contributed by atoms with van der Waals surface area (Å²) in [5.74, 6) is -1.53. The summed E-state index contributed by atoms with van der Waals surface area (Å²) in [4.78, 5) is 24.7. The lowest BCUT2D eigenvalue weighted by atomic mass is 9.94. The van der Waals surface area contributed by atoms with Crippen molar-refractivity contribution in [3.63, 3.8) is 0 Å². The molecule has 156 valence electrons. The van der Waals surface area contributed by atoms with Crippen molar-refractivity contribution in [1.29, 1.82) is 0 Å². The lowest BCUT2D eigenvalue weighted by molar-refractivity contribution is -0.132. The number of hydrogen-bond donors (Lipinski definition) is 4. The van der Waals surface area contributed by atoms with Crippen LogP contribution >= 0.6 is 0 Å². The predicted molar refractivity (Wildman–Crippen MR) is 110 cm³/mol. The molecule has 0 aliphatic carbocycles. The monoisotopic (exact) mass is 419 g/mol. The maximum absolute atomic E-state index is 12.6. The summed E-state index contributed by atoms with van der Waals surface area (Å²) < 4.78 is 25.5. The topological polar surface area (TPSA) is 125 Å². The predicted octanol–water partition coefficient (Wildman–Crippen LogP) is 1.59. The Labute approximate surface area is 170 Å². The van der Waals surface area contributed by atoms with E-state index in [0.717, 1.165) is 22.9 Å². The number of sulfonamides is 1. The van der Waals surface area contributed by atoms with Crippen molar-refractivity contribution in [3.05, 3.63) is 59.7 Å². The van der Waals surface area contributed by atoms with Crippen LogP contribution in [0.2, 0.25) is 0 Å². The smallest absolute Gasteiger partial charge is 0.267 e. The van der Waals surface area contributed by atoms with Gasteiger partial charge in [0.2, 0.25) is 10.0 Å². The van der Waals surface area contributed by atoms with Gasteiger partial charge in [-0.05, 0) is 44.0 Å². The quantitative estimate of drug-likeness (QED) is 0.401. The highest BCUT2D eigenvalue weighted by Crippen LogP contribution is 2.20. The largest absolute Gasteiger partial charge is 0.338 e.